The highest BCUT2D eigenvalue weighted by Crippen LogP contribution is 2.59. The summed E-state index contributed by atoms with van der Waals surface area (Å²) in [6.07, 6.45) is 8.33. The molecule has 0 radical (unpaired) electrons. The van der Waals surface area contributed by atoms with E-state index in [1.165, 1.54) is 11.6 Å². The molecule has 2 saturated heterocycles. The van der Waals surface area contributed by atoms with Gasteiger partial charge in [-0.3, -0.25) is 0 Å². The number of carbonyl (C=O) groups excluding carboxylic acids is 1. The number of rotatable bonds is 12. The van der Waals surface area contributed by atoms with Gasteiger partial charge >= 0.3 is 5.97 Å². The number of hydrogen-bond acceptors (Lipinski definition) is 7. The van der Waals surface area contributed by atoms with Crippen LogP contribution in [0.4, 0.5) is 0 Å². The van der Waals surface area contributed by atoms with Crippen LogP contribution in [0.3, 0.4) is 0 Å². The molecule has 1 unspecified atom stereocenters. The van der Waals surface area contributed by atoms with Crippen molar-refractivity contribution in [1.82, 2.24) is 5.32 Å². The summed E-state index contributed by atoms with van der Waals surface area (Å²) in [5, 5.41) is 3.10. The maximum atomic E-state index is 12.7. The Morgan fingerprint density at radius 1 is 1.25 bits per heavy atom. The first-order chi connectivity index (χ1) is 17.3. The molecule has 2 heterocycles. The van der Waals surface area contributed by atoms with Crippen molar-refractivity contribution in [2.45, 2.75) is 76.0 Å². The number of epoxide rings is 2. The molecule has 1 aromatic carbocycles. The molecule has 6 atom stereocenters. The van der Waals surface area contributed by atoms with E-state index in [9.17, 15) is 4.79 Å². The van der Waals surface area contributed by atoms with Crippen LogP contribution >= 0.6 is 0 Å². The Bertz CT molecular complexity index is 949. The van der Waals surface area contributed by atoms with Gasteiger partial charge in [0.05, 0.1) is 25.2 Å². The second-order valence-corrected chi connectivity index (χ2v) is 10.6. The molecule has 3 fully saturated rings. The van der Waals surface area contributed by atoms with Gasteiger partial charge in [-0.25, -0.2) is 4.79 Å². The second kappa shape index (κ2) is 11.5. The summed E-state index contributed by atoms with van der Waals surface area (Å²) >= 11 is 0. The number of methoxy groups -OCH3 is 1. The van der Waals surface area contributed by atoms with E-state index >= 15 is 0 Å². The van der Waals surface area contributed by atoms with Gasteiger partial charge in [-0.15, -0.1) is 0 Å². The number of hydrogen-bond donors (Lipinski definition) is 1. The Kier molecular flexibility index (Phi) is 8.56. The van der Waals surface area contributed by atoms with E-state index in [4.69, 9.17) is 23.7 Å². The fourth-order valence-electron chi connectivity index (χ4n) is 5.54. The molecule has 0 amide bonds. The van der Waals surface area contributed by atoms with E-state index in [1.54, 1.807) is 13.2 Å². The third-order valence-electron chi connectivity index (χ3n) is 7.64. The lowest BCUT2D eigenvalue weighted by Gasteiger charge is -2.42. The van der Waals surface area contributed by atoms with Crippen molar-refractivity contribution in [2.75, 3.05) is 33.9 Å². The number of ether oxygens (including phenoxy) is 5. The fraction of sp³-hybridized carbons (Fsp3) is 0.621. The number of esters is 1. The highest BCUT2D eigenvalue weighted by Gasteiger charge is 2.72. The van der Waals surface area contributed by atoms with Crippen molar-refractivity contribution >= 4 is 12.0 Å². The molecular weight excluding hydrogens is 458 g/mol. The molecule has 1 aliphatic carbocycles. The summed E-state index contributed by atoms with van der Waals surface area (Å²) in [7, 11) is 3.62. The van der Waals surface area contributed by atoms with E-state index in [0.29, 0.717) is 19.6 Å². The van der Waals surface area contributed by atoms with Crippen molar-refractivity contribution < 1.29 is 28.5 Å². The zero-order valence-corrected chi connectivity index (χ0v) is 22.3. The van der Waals surface area contributed by atoms with Gasteiger partial charge in [0.15, 0.2) is 0 Å². The molecule has 198 valence electrons. The van der Waals surface area contributed by atoms with E-state index in [2.05, 4.69) is 32.2 Å². The number of benzene rings is 1. The summed E-state index contributed by atoms with van der Waals surface area (Å²) in [5.74, 6) is 0.461. The maximum absolute atomic E-state index is 12.7. The summed E-state index contributed by atoms with van der Waals surface area (Å²) in [6, 6.07) is 7.68. The lowest BCUT2D eigenvalue weighted by atomic mass is 9.68. The van der Waals surface area contributed by atoms with Crippen molar-refractivity contribution in [3.63, 3.8) is 0 Å². The highest BCUT2D eigenvalue weighted by atomic mass is 16.6. The Labute approximate surface area is 215 Å². The van der Waals surface area contributed by atoms with Gasteiger partial charge in [-0.1, -0.05) is 23.8 Å². The van der Waals surface area contributed by atoms with Crippen LogP contribution in [-0.2, 0) is 23.7 Å². The number of allylic oxidation sites excluding steroid dienone is 1. The minimum Gasteiger partial charge on any atom is -0.494 e. The van der Waals surface area contributed by atoms with Crippen LogP contribution in [-0.4, -0.2) is 69.4 Å². The Balaban J connectivity index is 1.35. The topological polar surface area (TPSA) is 81.9 Å². The van der Waals surface area contributed by atoms with Crippen LogP contribution in [0, 0.1) is 5.92 Å². The predicted octanol–water partition coefficient (Wildman–Crippen LogP) is 4.31. The van der Waals surface area contributed by atoms with Gasteiger partial charge < -0.3 is 29.0 Å². The quantitative estimate of drug-likeness (QED) is 0.151. The fourth-order valence-corrected chi connectivity index (χ4v) is 5.54. The first kappa shape index (κ1) is 26.9. The standard InChI is InChI=1S/C29H41NO6/c1-20(2)7-13-24-28(3,36-24)27-26(32-5)23(15-16-29(27)19-34-29)35-25(31)14-10-21-8-11-22(12-9-21)33-18-6-17-30-4/h7-12,14,23-24,26-27,30H,6,13,15-19H2,1-5H3/b14-10+/t23-,24-,26-,27-,28?,29+/m1/s1. The van der Waals surface area contributed by atoms with Gasteiger partial charge in [0.1, 0.15) is 29.2 Å². The molecule has 0 aromatic heterocycles. The lowest BCUT2D eigenvalue weighted by Crippen LogP contribution is -2.55. The number of nitrogens with one attached hydrogen (secondary N) is 1. The lowest BCUT2D eigenvalue weighted by molar-refractivity contribution is -0.166. The minimum atomic E-state index is -0.371. The molecule has 7 nitrogen and oxygen atoms in total. The molecule has 7 heteroatoms. The van der Waals surface area contributed by atoms with Crippen LogP contribution < -0.4 is 10.1 Å². The van der Waals surface area contributed by atoms with Crippen LogP contribution in [0.25, 0.3) is 6.08 Å². The monoisotopic (exact) mass is 499 g/mol. The summed E-state index contributed by atoms with van der Waals surface area (Å²) in [6.45, 7) is 8.64. The van der Waals surface area contributed by atoms with Crippen molar-refractivity contribution in [3.05, 3.63) is 47.6 Å². The average molecular weight is 500 g/mol. The zero-order valence-electron chi connectivity index (χ0n) is 22.3. The number of carbonyl (C=O) groups is 1. The van der Waals surface area contributed by atoms with Gasteiger partial charge in [0, 0.05) is 13.2 Å². The second-order valence-electron chi connectivity index (χ2n) is 10.6. The van der Waals surface area contributed by atoms with Crippen molar-refractivity contribution in [3.8, 4) is 5.75 Å². The van der Waals surface area contributed by atoms with Gasteiger partial charge in [-0.2, -0.15) is 0 Å². The summed E-state index contributed by atoms with van der Waals surface area (Å²) in [4.78, 5) is 12.7. The molecule has 1 N–H and O–H groups in total. The SMILES string of the molecule is CNCCCOc1ccc(/C=C/C(=O)O[C@@H]2CC[C@]3(CO3)[C@@H](C3(C)O[C@@H]3CC=C(C)C)[C@@H]2OC)cc1. The van der Waals surface area contributed by atoms with E-state index in [-0.39, 0.29) is 41.4 Å². The largest absolute Gasteiger partial charge is 0.494 e. The maximum Gasteiger partial charge on any atom is 0.331 e. The molecule has 2 aliphatic heterocycles. The molecule has 1 saturated carbocycles. The molecule has 0 bridgehead atoms. The van der Waals surface area contributed by atoms with Gasteiger partial charge in [0.25, 0.3) is 0 Å². The van der Waals surface area contributed by atoms with Crippen LogP contribution in [0.2, 0.25) is 0 Å². The molecular formula is C29H41NO6. The van der Waals surface area contributed by atoms with E-state index in [1.807, 2.05) is 31.3 Å². The third kappa shape index (κ3) is 6.20. The Morgan fingerprint density at radius 3 is 2.64 bits per heavy atom. The summed E-state index contributed by atoms with van der Waals surface area (Å²) in [5.41, 5.74) is 1.61. The van der Waals surface area contributed by atoms with Crippen LogP contribution in [0.5, 0.6) is 5.75 Å². The molecule has 36 heavy (non-hydrogen) atoms. The first-order valence-corrected chi connectivity index (χ1v) is 13.1. The smallest absolute Gasteiger partial charge is 0.331 e. The zero-order chi connectivity index (χ0) is 25.8. The highest BCUT2D eigenvalue weighted by molar-refractivity contribution is 5.87. The third-order valence-corrected chi connectivity index (χ3v) is 7.64. The first-order valence-electron chi connectivity index (χ1n) is 13.1. The average Bonchev–Trinajstić information content (AvgIpc) is 3.78. The summed E-state index contributed by atoms with van der Waals surface area (Å²) < 4.78 is 29.8. The van der Waals surface area contributed by atoms with Crippen LogP contribution in [0.15, 0.2) is 42.0 Å². The minimum absolute atomic E-state index is 0.0155. The molecule has 4 rings (SSSR count). The van der Waals surface area contributed by atoms with Crippen molar-refractivity contribution in [2.24, 2.45) is 5.92 Å². The predicted molar refractivity (Wildman–Crippen MR) is 139 cm³/mol. The van der Waals surface area contributed by atoms with Crippen molar-refractivity contribution in [1.29, 1.82) is 0 Å². The molecule has 3 aliphatic rings. The Hall–Kier alpha value is -2.19. The molecule has 1 aromatic rings. The Morgan fingerprint density at radius 2 is 2.00 bits per heavy atom. The van der Waals surface area contributed by atoms with E-state index in [0.717, 1.165) is 37.1 Å². The van der Waals surface area contributed by atoms with Gasteiger partial charge in [-0.05, 0) is 83.8 Å². The van der Waals surface area contributed by atoms with E-state index < -0.39 is 0 Å². The molecule has 1 spiro atoms. The van der Waals surface area contributed by atoms with Gasteiger partial charge in [0.2, 0.25) is 0 Å². The van der Waals surface area contributed by atoms with Crippen LogP contribution in [0.1, 0.15) is 52.0 Å². The normalized spacial score (nSPS) is 32.9.